The standard InChI is InChI=1S/C21H24ClNOS/c1-15-4-2-3-5-20(15)23-21(24)17-8-6-16(7-9-17)14-25-19-12-10-18(22)11-13-19/h6-13,15,20H,2-5,14H2,1H3,(H,23,24). The van der Waals surface area contributed by atoms with Crippen LogP contribution in [0.2, 0.25) is 5.02 Å². The van der Waals surface area contributed by atoms with Crippen molar-refractivity contribution >= 4 is 29.3 Å². The van der Waals surface area contributed by atoms with Gasteiger partial charge < -0.3 is 5.32 Å². The van der Waals surface area contributed by atoms with Gasteiger partial charge in [0.05, 0.1) is 0 Å². The molecule has 4 heteroatoms. The van der Waals surface area contributed by atoms with E-state index >= 15 is 0 Å². The third-order valence-electron chi connectivity index (χ3n) is 4.86. The first kappa shape index (κ1) is 18.3. The van der Waals surface area contributed by atoms with Crippen LogP contribution in [0.25, 0.3) is 0 Å². The zero-order valence-corrected chi connectivity index (χ0v) is 16.1. The van der Waals surface area contributed by atoms with E-state index < -0.39 is 0 Å². The number of carbonyl (C=O) groups is 1. The van der Waals surface area contributed by atoms with E-state index in [1.54, 1.807) is 11.8 Å². The van der Waals surface area contributed by atoms with E-state index in [9.17, 15) is 4.79 Å². The van der Waals surface area contributed by atoms with Crippen molar-refractivity contribution in [3.8, 4) is 0 Å². The molecule has 1 aliphatic carbocycles. The molecule has 1 saturated carbocycles. The van der Waals surface area contributed by atoms with Crippen molar-refractivity contribution in [1.29, 1.82) is 0 Å². The van der Waals surface area contributed by atoms with Crippen molar-refractivity contribution in [2.75, 3.05) is 0 Å². The number of hydrogen-bond acceptors (Lipinski definition) is 2. The number of rotatable bonds is 5. The van der Waals surface area contributed by atoms with E-state index in [0.29, 0.717) is 12.0 Å². The molecule has 1 fully saturated rings. The molecule has 0 saturated heterocycles. The van der Waals surface area contributed by atoms with Crippen molar-refractivity contribution in [2.45, 2.75) is 49.3 Å². The maximum Gasteiger partial charge on any atom is 0.251 e. The average molecular weight is 374 g/mol. The molecule has 2 unspecified atom stereocenters. The van der Waals surface area contributed by atoms with E-state index in [0.717, 1.165) is 22.8 Å². The maximum atomic E-state index is 12.5. The van der Waals surface area contributed by atoms with Crippen LogP contribution in [0.5, 0.6) is 0 Å². The van der Waals surface area contributed by atoms with Gasteiger partial charge >= 0.3 is 0 Å². The zero-order chi connectivity index (χ0) is 17.6. The Morgan fingerprint density at radius 2 is 1.76 bits per heavy atom. The lowest BCUT2D eigenvalue weighted by Crippen LogP contribution is -2.41. The van der Waals surface area contributed by atoms with E-state index in [1.165, 1.54) is 29.7 Å². The Kier molecular flexibility index (Phi) is 6.44. The van der Waals surface area contributed by atoms with Gasteiger partial charge in [-0.25, -0.2) is 0 Å². The second kappa shape index (κ2) is 8.77. The van der Waals surface area contributed by atoms with E-state index in [2.05, 4.69) is 12.2 Å². The SMILES string of the molecule is CC1CCCCC1NC(=O)c1ccc(CSc2ccc(Cl)cc2)cc1. The summed E-state index contributed by atoms with van der Waals surface area (Å²) in [6.45, 7) is 2.24. The van der Waals surface area contributed by atoms with Crippen LogP contribution in [0.15, 0.2) is 53.4 Å². The average Bonchev–Trinajstić information content (AvgIpc) is 2.63. The molecule has 0 spiro atoms. The summed E-state index contributed by atoms with van der Waals surface area (Å²) in [4.78, 5) is 13.6. The van der Waals surface area contributed by atoms with Crippen molar-refractivity contribution < 1.29 is 4.79 Å². The molecule has 1 aliphatic rings. The lowest BCUT2D eigenvalue weighted by Gasteiger charge is -2.29. The number of hydrogen-bond donors (Lipinski definition) is 1. The molecule has 25 heavy (non-hydrogen) atoms. The molecule has 1 N–H and O–H groups in total. The van der Waals surface area contributed by atoms with Crippen LogP contribution < -0.4 is 5.32 Å². The topological polar surface area (TPSA) is 29.1 Å². The van der Waals surface area contributed by atoms with Crippen LogP contribution in [-0.2, 0) is 5.75 Å². The van der Waals surface area contributed by atoms with Crippen LogP contribution in [0.4, 0.5) is 0 Å². The van der Waals surface area contributed by atoms with Gasteiger partial charge in [0, 0.05) is 27.3 Å². The fraction of sp³-hybridized carbons (Fsp3) is 0.381. The highest BCUT2D eigenvalue weighted by atomic mass is 35.5. The lowest BCUT2D eigenvalue weighted by molar-refractivity contribution is 0.0910. The smallest absolute Gasteiger partial charge is 0.251 e. The van der Waals surface area contributed by atoms with Gasteiger partial charge in [0.1, 0.15) is 0 Å². The van der Waals surface area contributed by atoms with Crippen molar-refractivity contribution in [3.05, 3.63) is 64.7 Å². The number of halogens is 1. The van der Waals surface area contributed by atoms with Crippen LogP contribution in [-0.4, -0.2) is 11.9 Å². The molecule has 0 aliphatic heterocycles. The van der Waals surface area contributed by atoms with Gasteiger partial charge in [-0.1, -0.05) is 43.5 Å². The van der Waals surface area contributed by atoms with Crippen molar-refractivity contribution in [2.24, 2.45) is 5.92 Å². The van der Waals surface area contributed by atoms with Gasteiger partial charge in [-0.3, -0.25) is 4.79 Å². The van der Waals surface area contributed by atoms with Crippen LogP contribution in [0, 0.1) is 5.92 Å². The number of thioether (sulfide) groups is 1. The molecule has 0 bridgehead atoms. The summed E-state index contributed by atoms with van der Waals surface area (Å²) >= 11 is 7.67. The molecule has 2 aromatic carbocycles. The molecule has 0 aromatic heterocycles. The predicted octanol–water partition coefficient (Wildman–Crippen LogP) is 5.94. The molecule has 2 aromatic rings. The van der Waals surface area contributed by atoms with Gasteiger partial charge in [0.2, 0.25) is 0 Å². The number of nitrogens with one attached hydrogen (secondary N) is 1. The summed E-state index contributed by atoms with van der Waals surface area (Å²) in [5.41, 5.74) is 1.96. The second-order valence-corrected chi connectivity index (χ2v) is 8.27. The second-order valence-electron chi connectivity index (χ2n) is 6.78. The Hall–Kier alpha value is -1.45. The van der Waals surface area contributed by atoms with Gasteiger partial charge in [-0.15, -0.1) is 11.8 Å². The van der Waals surface area contributed by atoms with Crippen LogP contribution in [0.3, 0.4) is 0 Å². The van der Waals surface area contributed by atoms with Crippen LogP contribution >= 0.6 is 23.4 Å². The predicted molar refractivity (Wildman–Crippen MR) is 106 cm³/mol. The normalized spacial score (nSPS) is 20.2. The number of amides is 1. The first-order chi connectivity index (χ1) is 12.1. The Morgan fingerprint density at radius 1 is 1.08 bits per heavy atom. The minimum Gasteiger partial charge on any atom is -0.349 e. The molecule has 0 radical (unpaired) electrons. The maximum absolute atomic E-state index is 12.5. The van der Waals surface area contributed by atoms with E-state index in [1.807, 2.05) is 48.5 Å². The van der Waals surface area contributed by atoms with Crippen LogP contribution in [0.1, 0.15) is 48.5 Å². The largest absolute Gasteiger partial charge is 0.349 e. The highest BCUT2D eigenvalue weighted by molar-refractivity contribution is 7.98. The highest BCUT2D eigenvalue weighted by Gasteiger charge is 2.23. The minimum atomic E-state index is 0.0515. The highest BCUT2D eigenvalue weighted by Crippen LogP contribution is 2.25. The van der Waals surface area contributed by atoms with Gasteiger partial charge in [0.25, 0.3) is 5.91 Å². The Bertz CT molecular complexity index is 699. The van der Waals surface area contributed by atoms with Gasteiger partial charge in [-0.05, 0) is 60.7 Å². The molecule has 132 valence electrons. The Balaban J connectivity index is 1.54. The fourth-order valence-corrected chi connectivity index (χ4v) is 4.21. The van der Waals surface area contributed by atoms with E-state index in [4.69, 9.17) is 11.6 Å². The summed E-state index contributed by atoms with van der Waals surface area (Å²) in [5.74, 6) is 1.51. The quantitative estimate of drug-likeness (QED) is 0.657. The summed E-state index contributed by atoms with van der Waals surface area (Å²) in [5, 5.41) is 3.97. The van der Waals surface area contributed by atoms with Crippen molar-refractivity contribution in [3.63, 3.8) is 0 Å². The third kappa shape index (κ3) is 5.26. The third-order valence-corrected chi connectivity index (χ3v) is 6.20. The molecule has 1 amide bonds. The Morgan fingerprint density at radius 3 is 2.44 bits per heavy atom. The van der Waals surface area contributed by atoms with E-state index in [-0.39, 0.29) is 5.91 Å². The molecule has 2 nitrogen and oxygen atoms in total. The first-order valence-electron chi connectivity index (χ1n) is 8.90. The zero-order valence-electron chi connectivity index (χ0n) is 14.5. The molecule has 2 atom stereocenters. The fourth-order valence-electron chi connectivity index (χ4n) is 3.23. The summed E-state index contributed by atoms with van der Waals surface area (Å²) in [7, 11) is 0. The minimum absolute atomic E-state index is 0.0515. The van der Waals surface area contributed by atoms with Gasteiger partial charge in [0.15, 0.2) is 0 Å². The molecule has 3 rings (SSSR count). The first-order valence-corrected chi connectivity index (χ1v) is 10.3. The number of benzene rings is 2. The van der Waals surface area contributed by atoms with Gasteiger partial charge in [-0.2, -0.15) is 0 Å². The molecule has 0 heterocycles. The monoisotopic (exact) mass is 373 g/mol. The number of carbonyl (C=O) groups excluding carboxylic acids is 1. The molecular weight excluding hydrogens is 350 g/mol. The molecular formula is C21H24ClNOS. The lowest BCUT2D eigenvalue weighted by atomic mass is 9.86. The Labute approximate surface area is 159 Å². The van der Waals surface area contributed by atoms with Crippen molar-refractivity contribution in [1.82, 2.24) is 5.32 Å². The summed E-state index contributed by atoms with van der Waals surface area (Å²) in [6, 6.07) is 16.1. The summed E-state index contributed by atoms with van der Waals surface area (Å²) in [6.07, 6.45) is 4.82. The summed E-state index contributed by atoms with van der Waals surface area (Å²) < 4.78 is 0.